The van der Waals surface area contributed by atoms with E-state index in [1.54, 1.807) is 7.05 Å². The van der Waals surface area contributed by atoms with Gasteiger partial charge in [0.05, 0.1) is 0 Å². The monoisotopic (exact) mass is 519 g/mol. The van der Waals surface area contributed by atoms with E-state index < -0.39 is 0 Å². The molecule has 3 heterocycles. The molecule has 1 aliphatic heterocycles. The van der Waals surface area contributed by atoms with Crippen LogP contribution in [0.5, 0.6) is 0 Å². The first-order chi connectivity index (χ1) is 14.2. The second-order valence-electron chi connectivity index (χ2n) is 7.06. The van der Waals surface area contributed by atoms with Crippen molar-refractivity contribution in [2.75, 3.05) is 25.5 Å². The average Bonchev–Trinajstić information content (AvgIpc) is 3.16. The van der Waals surface area contributed by atoms with E-state index in [0.717, 1.165) is 48.1 Å². The summed E-state index contributed by atoms with van der Waals surface area (Å²) in [6.45, 7) is 1.42. The maximum atomic E-state index is 12.0. The third-order valence-electron chi connectivity index (χ3n) is 5.10. The highest BCUT2D eigenvalue weighted by Crippen LogP contribution is 2.31. The molecule has 0 spiro atoms. The second kappa shape index (κ2) is 10.4. The molecule has 158 valence electrons. The second-order valence-corrected chi connectivity index (χ2v) is 7.06. The number of carbonyl (C=O) groups is 1. The van der Waals surface area contributed by atoms with Crippen LogP contribution in [0.1, 0.15) is 30.1 Å². The number of amides is 1. The number of carbonyl (C=O) groups excluding carboxylic acids is 1. The summed E-state index contributed by atoms with van der Waals surface area (Å²) in [6, 6.07) is 13.8. The first-order valence-corrected chi connectivity index (χ1v) is 9.86. The lowest BCUT2D eigenvalue weighted by Crippen LogP contribution is -2.41. The predicted octanol–water partition coefficient (Wildman–Crippen LogP) is 2.57. The van der Waals surface area contributed by atoms with Crippen LogP contribution in [-0.4, -0.2) is 46.6 Å². The third-order valence-corrected chi connectivity index (χ3v) is 5.10. The predicted molar refractivity (Wildman–Crippen MR) is 129 cm³/mol. The lowest BCUT2D eigenvalue weighted by atomic mass is 9.90. The number of benzene rings is 1. The van der Waals surface area contributed by atoms with Gasteiger partial charge in [0.2, 0.25) is 5.91 Å². The van der Waals surface area contributed by atoms with Crippen molar-refractivity contribution in [3.63, 3.8) is 0 Å². The van der Waals surface area contributed by atoms with Gasteiger partial charge in [-0.3, -0.25) is 14.2 Å². The van der Waals surface area contributed by atoms with Gasteiger partial charge in [-0.05, 0) is 30.2 Å². The number of nitrogens with zero attached hydrogens (tertiary/aromatic N) is 4. The van der Waals surface area contributed by atoms with Gasteiger partial charge >= 0.3 is 0 Å². The van der Waals surface area contributed by atoms with E-state index in [9.17, 15) is 4.79 Å². The highest BCUT2D eigenvalue weighted by atomic mass is 127. The minimum Gasteiger partial charge on any atom is -0.356 e. The highest BCUT2D eigenvalue weighted by Gasteiger charge is 2.24. The molecule has 8 nitrogen and oxygen atoms in total. The summed E-state index contributed by atoms with van der Waals surface area (Å²) in [5.74, 6) is 1.87. The van der Waals surface area contributed by atoms with Gasteiger partial charge in [-0.15, -0.1) is 34.2 Å². The molecule has 9 heteroatoms. The lowest BCUT2D eigenvalue weighted by Gasteiger charge is -2.26. The molecule has 0 radical (unpaired) electrons. The number of rotatable bonds is 6. The van der Waals surface area contributed by atoms with E-state index in [4.69, 9.17) is 0 Å². The Bertz CT molecular complexity index is 1030. The topological polar surface area (TPSA) is 95.7 Å². The van der Waals surface area contributed by atoms with Crippen LogP contribution in [0.2, 0.25) is 0 Å². The van der Waals surface area contributed by atoms with E-state index in [0.29, 0.717) is 13.0 Å². The van der Waals surface area contributed by atoms with Crippen LogP contribution in [0.25, 0.3) is 5.65 Å². The Balaban J connectivity index is 0.00000256. The molecule has 30 heavy (non-hydrogen) atoms. The number of hydrogen-bond acceptors (Lipinski definition) is 4. The molecule has 0 aliphatic carbocycles. The first kappa shape index (κ1) is 22.0. The Kier molecular flexibility index (Phi) is 7.61. The van der Waals surface area contributed by atoms with Crippen LogP contribution in [0.3, 0.4) is 0 Å². The number of pyridine rings is 1. The van der Waals surface area contributed by atoms with Crippen molar-refractivity contribution in [3.05, 3.63) is 60.0 Å². The summed E-state index contributed by atoms with van der Waals surface area (Å²) in [4.78, 5) is 16.3. The number of aromatic nitrogens is 3. The molecular formula is C21H26IN7O. The van der Waals surface area contributed by atoms with Gasteiger partial charge in [0.25, 0.3) is 0 Å². The molecule has 3 aromatic rings. The summed E-state index contributed by atoms with van der Waals surface area (Å²) in [5.41, 5.74) is 2.93. The maximum Gasteiger partial charge on any atom is 0.225 e. The number of fused-ring (bicyclic) bond motifs is 2. The van der Waals surface area contributed by atoms with E-state index in [1.807, 2.05) is 47.0 Å². The summed E-state index contributed by atoms with van der Waals surface area (Å²) in [7, 11) is 1.75. The van der Waals surface area contributed by atoms with Gasteiger partial charge in [0.15, 0.2) is 11.6 Å². The van der Waals surface area contributed by atoms with Crippen LogP contribution >= 0.6 is 24.0 Å². The number of aryl methyl sites for hydroxylation is 1. The molecule has 0 saturated heterocycles. The fourth-order valence-corrected chi connectivity index (χ4v) is 3.64. The largest absolute Gasteiger partial charge is 0.356 e. The molecule has 1 amide bonds. The molecular weight excluding hydrogens is 493 g/mol. The third kappa shape index (κ3) is 5.07. The normalized spacial score (nSPS) is 15.8. The lowest BCUT2D eigenvalue weighted by molar-refractivity contribution is -0.116. The Hall–Kier alpha value is -2.69. The fraction of sp³-hybridized carbons (Fsp3) is 0.333. The van der Waals surface area contributed by atoms with E-state index in [-0.39, 0.29) is 35.8 Å². The molecule has 4 rings (SSSR count). The number of guanidine groups is 1. The standard InChI is InChI=1S/C21H25N7O.HI/c1-22-21(23-11-6-10-19-27-26-18-9-4-5-12-28(18)19)24-14-15-13-20(29)25-17-8-3-2-7-16(15)17;/h2-5,7-9,12,15H,6,10-11,13-14H2,1H3,(H,25,29)(H2,22,23,24);1H. The Morgan fingerprint density at radius 2 is 2.03 bits per heavy atom. The minimum absolute atomic E-state index is 0. The van der Waals surface area contributed by atoms with Crippen LogP contribution in [-0.2, 0) is 11.2 Å². The number of hydrogen-bond donors (Lipinski definition) is 3. The molecule has 0 fully saturated rings. The summed E-state index contributed by atoms with van der Waals surface area (Å²) in [5, 5.41) is 18.1. The molecule has 1 aromatic carbocycles. The van der Waals surface area contributed by atoms with Crippen LogP contribution in [0, 0.1) is 0 Å². The zero-order valence-electron chi connectivity index (χ0n) is 16.8. The van der Waals surface area contributed by atoms with Gasteiger partial charge < -0.3 is 16.0 Å². The number of nitrogens with one attached hydrogen (secondary N) is 3. The Morgan fingerprint density at radius 1 is 1.20 bits per heavy atom. The average molecular weight is 519 g/mol. The van der Waals surface area contributed by atoms with Crippen molar-refractivity contribution in [2.45, 2.75) is 25.2 Å². The van der Waals surface area contributed by atoms with Gasteiger partial charge in [-0.25, -0.2) is 0 Å². The van der Waals surface area contributed by atoms with Gasteiger partial charge in [-0.1, -0.05) is 24.3 Å². The van der Waals surface area contributed by atoms with Crippen LogP contribution in [0.15, 0.2) is 53.7 Å². The molecule has 0 saturated carbocycles. The van der Waals surface area contributed by atoms with Crippen LogP contribution in [0.4, 0.5) is 5.69 Å². The first-order valence-electron chi connectivity index (χ1n) is 9.86. The van der Waals surface area contributed by atoms with Crippen molar-refractivity contribution >= 4 is 47.2 Å². The SMILES string of the molecule is CN=C(NCCCc1nnc2ccccn12)NCC1CC(=O)Nc2ccccc21.I. The minimum atomic E-state index is 0. The number of para-hydroxylation sites is 1. The van der Waals surface area contributed by atoms with Crippen molar-refractivity contribution < 1.29 is 4.79 Å². The molecule has 1 aliphatic rings. The Morgan fingerprint density at radius 3 is 2.90 bits per heavy atom. The van der Waals surface area contributed by atoms with E-state index >= 15 is 0 Å². The molecule has 1 atom stereocenters. The van der Waals surface area contributed by atoms with Crippen molar-refractivity contribution in [2.24, 2.45) is 4.99 Å². The smallest absolute Gasteiger partial charge is 0.225 e. The van der Waals surface area contributed by atoms with Crippen molar-refractivity contribution in [1.29, 1.82) is 0 Å². The van der Waals surface area contributed by atoms with E-state index in [1.165, 1.54) is 0 Å². The van der Waals surface area contributed by atoms with Gasteiger partial charge in [0, 0.05) is 50.8 Å². The maximum absolute atomic E-state index is 12.0. The zero-order chi connectivity index (χ0) is 20.1. The summed E-state index contributed by atoms with van der Waals surface area (Å²) < 4.78 is 2.01. The quantitative estimate of drug-likeness (QED) is 0.202. The molecule has 1 unspecified atom stereocenters. The van der Waals surface area contributed by atoms with E-state index in [2.05, 4.69) is 37.2 Å². The fourth-order valence-electron chi connectivity index (χ4n) is 3.64. The summed E-state index contributed by atoms with van der Waals surface area (Å²) >= 11 is 0. The van der Waals surface area contributed by atoms with Gasteiger partial charge in [0.1, 0.15) is 5.82 Å². The molecule has 2 aromatic heterocycles. The van der Waals surface area contributed by atoms with Crippen LogP contribution < -0.4 is 16.0 Å². The zero-order valence-corrected chi connectivity index (χ0v) is 19.2. The number of anilines is 1. The Labute approximate surface area is 192 Å². The highest BCUT2D eigenvalue weighted by molar-refractivity contribution is 14.0. The van der Waals surface area contributed by atoms with Gasteiger partial charge in [-0.2, -0.15) is 0 Å². The molecule has 3 N–H and O–H groups in total. The van der Waals surface area contributed by atoms with Crippen molar-refractivity contribution in [3.8, 4) is 0 Å². The number of halogens is 1. The number of aliphatic imine (C=N–C) groups is 1. The molecule has 0 bridgehead atoms. The van der Waals surface area contributed by atoms with Crippen molar-refractivity contribution in [1.82, 2.24) is 25.2 Å². The summed E-state index contributed by atoms with van der Waals surface area (Å²) in [6.07, 6.45) is 4.19.